The summed E-state index contributed by atoms with van der Waals surface area (Å²) in [4.78, 5) is 13.0. The van der Waals surface area contributed by atoms with Crippen LogP contribution in [0.5, 0.6) is 5.75 Å². The molecular weight excluding hydrogens is 328 g/mol. The number of hydrogen-bond acceptors (Lipinski definition) is 4. The Morgan fingerprint density at radius 1 is 1.29 bits per heavy atom. The summed E-state index contributed by atoms with van der Waals surface area (Å²) in [6.45, 7) is 5.65. The van der Waals surface area contributed by atoms with Gasteiger partial charge < -0.3 is 20.5 Å². The Labute approximate surface area is 149 Å². The van der Waals surface area contributed by atoms with Gasteiger partial charge in [-0.05, 0) is 32.8 Å². The molecule has 1 unspecified atom stereocenters. The number of fused-ring (bicyclic) bond motifs is 1. The summed E-state index contributed by atoms with van der Waals surface area (Å²) in [5.41, 5.74) is 6.18. The smallest absolute Gasteiger partial charge is 0.228 e. The third kappa shape index (κ3) is 3.68. The first-order valence-electron chi connectivity index (χ1n) is 8.33. The maximum atomic E-state index is 13.0. The van der Waals surface area contributed by atoms with E-state index in [-0.39, 0.29) is 30.0 Å². The number of nitrogens with one attached hydrogen (secondary N) is 1. The lowest BCUT2D eigenvalue weighted by molar-refractivity contribution is -0.137. The fourth-order valence-electron chi connectivity index (χ4n) is 3.53. The van der Waals surface area contributed by atoms with Gasteiger partial charge in [0.05, 0.1) is 11.5 Å². The van der Waals surface area contributed by atoms with E-state index < -0.39 is 5.41 Å². The van der Waals surface area contributed by atoms with Gasteiger partial charge in [0.25, 0.3) is 0 Å². The number of amides is 1. The van der Waals surface area contributed by atoms with Crippen LogP contribution in [0.1, 0.15) is 44.7 Å². The molecule has 0 radical (unpaired) electrons. The summed E-state index contributed by atoms with van der Waals surface area (Å²) in [6, 6.07) is 7.87. The molecule has 1 fully saturated rings. The predicted molar refractivity (Wildman–Crippen MR) is 95.4 cm³/mol. The molecule has 1 atom stereocenters. The molecule has 2 aliphatic heterocycles. The Kier molecular flexibility index (Phi) is 5.78. The monoisotopic (exact) mass is 354 g/mol. The highest BCUT2D eigenvalue weighted by Crippen LogP contribution is 2.40. The van der Waals surface area contributed by atoms with E-state index >= 15 is 0 Å². The van der Waals surface area contributed by atoms with E-state index in [1.807, 2.05) is 24.3 Å². The van der Waals surface area contributed by atoms with Crippen molar-refractivity contribution in [1.29, 1.82) is 0 Å². The summed E-state index contributed by atoms with van der Waals surface area (Å²) >= 11 is 0. The van der Waals surface area contributed by atoms with Gasteiger partial charge in [-0.2, -0.15) is 0 Å². The van der Waals surface area contributed by atoms with Crippen LogP contribution in [-0.2, 0) is 9.53 Å². The van der Waals surface area contributed by atoms with Crippen molar-refractivity contribution >= 4 is 18.3 Å². The van der Waals surface area contributed by atoms with E-state index in [4.69, 9.17) is 15.2 Å². The fraction of sp³-hybridized carbons (Fsp3) is 0.611. The van der Waals surface area contributed by atoms with Crippen LogP contribution in [0.15, 0.2) is 24.3 Å². The Balaban J connectivity index is 0.00000208. The molecule has 1 aromatic rings. The van der Waals surface area contributed by atoms with Crippen LogP contribution in [-0.4, -0.2) is 31.3 Å². The van der Waals surface area contributed by atoms with Gasteiger partial charge in [-0.1, -0.05) is 18.2 Å². The number of para-hydroxylation sites is 1. The molecule has 3 rings (SSSR count). The standard InChI is InChI=1S/C18H26N2O3.ClH/c1-17(2)11-14(13-5-3-4-6-15(13)23-17)20-16(21)18(12-19)7-9-22-10-8-18;/h3-6,14H,7-12,19H2,1-2H3,(H,20,21);1H. The summed E-state index contributed by atoms with van der Waals surface area (Å²) < 4.78 is 11.4. The van der Waals surface area contributed by atoms with E-state index in [0.717, 1.165) is 17.7 Å². The second-order valence-electron chi connectivity index (χ2n) is 7.23. The zero-order chi connectivity index (χ0) is 16.5. The highest BCUT2D eigenvalue weighted by Gasteiger charge is 2.42. The molecule has 6 heteroatoms. The van der Waals surface area contributed by atoms with E-state index in [1.165, 1.54) is 0 Å². The topological polar surface area (TPSA) is 73.6 Å². The molecule has 0 bridgehead atoms. The van der Waals surface area contributed by atoms with Gasteiger partial charge in [-0.25, -0.2) is 0 Å². The van der Waals surface area contributed by atoms with Gasteiger partial charge >= 0.3 is 0 Å². The summed E-state index contributed by atoms with van der Waals surface area (Å²) in [5, 5.41) is 3.24. The molecule has 134 valence electrons. The van der Waals surface area contributed by atoms with Crippen molar-refractivity contribution < 1.29 is 14.3 Å². The number of ether oxygens (including phenoxy) is 2. The molecule has 2 aliphatic rings. The summed E-state index contributed by atoms with van der Waals surface area (Å²) in [5.74, 6) is 0.892. The molecule has 24 heavy (non-hydrogen) atoms. The van der Waals surface area contributed by atoms with Crippen molar-refractivity contribution in [2.24, 2.45) is 11.1 Å². The maximum Gasteiger partial charge on any atom is 0.228 e. The Hall–Kier alpha value is -1.30. The van der Waals surface area contributed by atoms with Crippen LogP contribution in [0.2, 0.25) is 0 Å². The van der Waals surface area contributed by atoms with E-state index in [1.54, 1.807) is 0 Å². The van der Waals surface area contributed by atoms with E-state index in [9.17, 15) is 4.79 Å². The molecule has 1 aromatic carbocycles. The van der Waals surface area contributed by atoms with Gasteiger partial charge in [0.15, 0.2) is 0 Å². The Morgan fingerprint density at radius 3 is 2.62 bits per heavy atom. The van der Waals surface area contributed by atoms with Gasteiger partial charge in [0.1, 0.15) is 11.4 Å². The summed E-state index contributed by atoms with van der Waals surface area (Å²) in [6.07, 6.45) is 2.11. The average Bonchev–Trinajstić information content (AvgIpc) is 2.54. The first-order valence-corrected chi connectivity index (χ1v) is 8.33. The lowest BCUT2D eigenvalue weighted by Crippen LogP contribution is -2.51. The molecule has 5 nitrogen and oxygen atoms in total. The van der Waals surface area contributed by atoms with Crippen LogP contribution in [0, 0.1) is 5.41 Å². The van der Waals surface area contributed by atoms with E-state index in [0.29, 0.717) is 32.6 Å². The van der Waals surface area contributed by atoms with Crippen LogP contribution in [0.25, 0.3) is 0 Å². The Bertz CT molecular complexity index is 585. The van der Waals surface area contributed by atoms with Crippen molar-refractivity contribution in [3.05, 3.63) is 29.8 Å². The number of carbonyl (C=O) groups is 1. The van der Waals surface area contributed by atoms with Crippen molar-refractivity contribution in [3.63, 3.8) is 0 Å². The fourth-order valence-corrected chi connectivity index (χ4v) is 3.53. The number of benzene rings is 1. The molecule has 2 heterocycles. The number of carbonyl (C=O) groups excluding carboxylic acids is 1. The highest BCUT2D eigenvalue weighted by molar-refractivity contribution is 5.85. The van der Waals surface area contributed by atoms with Crippen LogP contribution < -0.4 is 15.8 Å². The van der Waals surface area contributed by atoms with Crippen molar-refractivity contribution in [3.8, 4) is 5.75 Å². The summed E-state index contributed by atoms with van der Waals surface area (Å²) in [7, 11) is 0. The van der Waals surface area contributed by atoms with Crippen LogP contribution in [0.3, 0.4) is 0 Å². The average molecular weight is 355 g/mol. The molecule has 1 amide bonds. The third-order valence-electron chi connectivity index (χ3n) is 5.00. The van der Waals surface area contributed by atoms with Gasteiger partial charge in [-0.15, -0.1) is 12.4 Å². The van der Waals surface area contributed by atoms with Crippen LogP contribution in [0.4, 0.5) is 0 Å². The Morgan fingerprint density at radius 2 is 1.96 bits per heavy atom. The number of rotatable bonds is 3. The quantitative estimate of drug-likeness (QED) is 0.875. The maximum absolute atomic E-state index is 13.0. The molecule has 0 aliphatic carbocycles. The molecule has 0 saturated carbocycles. The van der Waals surface area contributed by atoms with E-state index in [2.05, 4.69) is 19.2 Å². The minimum Gasteiger partial charge on any atom is -0.487 e. The third-order valence-corrected chi connectivity index (χ3v) is 5.00. The normalized spacial score (nSPS) is 24.0. The van der Waals surface area contributed by atoms with Gasteiger partial charge in [0.2, 0.25) is 5.91 Å². The zero-order valence-corrected chi connectivity index (χ0v) is 15.2. The lowest BCUT2D eigenvalue weighted by atomic mass is 9.78. The lowest BCUT2D eigenvalue weighted by Gasteiger charge is -2.40. The van der Waals surface area contributed by atoms with Crippen molar-refractivity contribution in [2.45, 2.75) is 44.8 Å². The van der Waals surface area contributed by atoms with Gasteiger partial charge in [-0.3, -0.25) is 4.79 Å². The number of halogens is 1. The highest BCUT2D eigenvalue weighted by atomic mass is 35.5. The minimum atomic E-state index is -0.504. The second-order valence-corrected chi connectivity index (χ2v) is 7.23. The molecular formula is C18H27ClN2O3. The molecule has 0 spiro atoms. The first-order chi connectivity index (χ1) is 11.0. The zero-order valence-electron chi connectivity index (χ0n) is 14.3. The second kappa shape index (κ2) is 7.30. The van der Waals surface area contributed by atoms with Crippen molar-refractivity contribution in [2.75, 3.05) is 19.8 Å². The van der Waals surface area contributed by atoms with Crippen molar-refractivity contribution in [1.82, 2.24) is 5.32 Å². The van der Waals surface area contributed by atoms with Gasteiger partial charge in [0, 0.05) is 31.7 Å². The van der Waals surface area contributed by atoms with Crippen LogP contribution >= 0.6 is 12.4 Å². The molecule has 1 saturated heterocycles. The number of nitrogens with two attached hydrogens (primary N) is 1. The first kappa shape index (κ1) is 19.0. The molecule has 0 aromatic heterocycles. The SMILES string of the molecule is CC1(C)CC(NC(=O)C2(CN)CCOCC2)c2ccccc2O1.Cl. The largest absolute Gasteiger partial charge is 0.487 e. The number of hydrogen-bond donors (Lipinski definition) is 2. The predicted octanol–water partition coefficient (Wildman–Crippen LogP) is 2.58. The molecule has 3 N–H and O–H groups in total. The minimum absolute atomic E-state index is 0.